The van der Waals surface area contributed by atoms with Crippen LogP contribution in [0.25, 0.3) is 0 Å². The van der Waals surface area contributed by atoms with Gasteiger partial charge in [0.15, 0.2) is 0 Å². The number of piperidine rings is 1. The van der Waals surface area contributed by atoms with Crippen LogP contribution < -0.4 is 10.6 Å². The Morgan fingerprint density at radius 1 is 1.47 bits per heavy atom. The minimum atomic E-state index is -0.00914. The summed E-state index contributed by atoms with van der Waals surface area (Å²) in [7, 11) is 0. The molecule has 19 heavy (non-hydrogen) atoms. The standard InChI is InChI=1S/C15H30N2O2/c1-15(2,3)13(8-10-18)17-14(19)7-6-12-5-4-9-16-11-12/h12-13,16,18H,4-11H2,1-3H3,(H,17,19). The topological polar surface area (TPSA) is 61.4 Å². The van der Waals surface area contributed by atoms with Gasteiger partial charge in [-0.1, -0.05) is 20.8 Å². The van der Waals surface area contributed by atoms with Gasteiger partial charge >= 0.3 is 0 Å². The summed E-state index contributed by atoms with van der Waals surface area (Å²) in [5, 5.41) is 15.5. The molecule has 0 radical (unpaired) electrons. The second-order valence-electron chi connectivity index (χ2n) is 6.75. The fourth-order valence-electron chi connectivity index (χ4n) is 2.62. The summed E-state index contributed by atoms with van der Waals surface area (Å²) < 4.78 is 0. The molecule has 0 spiro atoms. The third kappa shape index (κ3) is 6.39. The number of carbonyl (C=O) groups excluding carboxylic acids is 1. The molecule has 0 bridgehead atoms. The van der Waals surface area contributed by atoms with E-state index in [9.17, 15) is 4.79 Å². The highest BCUT2D eigenvalue weighted by atomic mass is 16.3. The van der Waals surface area contributed by atoms with Crippen LogP contribution in [0, 0.1) is 11.3 Å². The Morgan fingerprint density at radius 2 is 2.21 bits per heavy atom. The molecule has 1 rings (SSSR count). The highest BCUT2D eigenvalue weighted by Gasteiger charge is 2.25. The van der Waals surface area contributed by atoms with E-state index in [1.165, 1.54) is 12.8 Å². The molecule has 4 nitrogen and oxygen atoms in total. The van der Waals surface area contributed by atoms with Crippen LogP contribution in [-0.4, -0.2) is 36.8 Å². The quantitative estimate of drug-likeness (QED) is 0.688. The average molecular weight is 270 g/mol. The molecule has 3 N–H and O–H groups in total. The fraction of sp³-hybridized carbons (Fsp3) is 0.933. The Kier molecular flexibility index (Phi) is 6.80. The first-order valence-electron chi connectivity index (χ1n) is 7.54. The number of nitrogens with one attached hydrogen (secondary N) is 2. The molecule has 1 heterocycles. The van der Waals surface area contributed by atoms with E-state index in [0.29, 0.717) is 18.8 Å². The monoisotopic (exact) mass is 270 g/mol. The van der Waals surface area contributed by atoms with Crippen molar-refractivity contribution in [3.05, 3.63) is 0 Å². The van der Waals surface area contributed by atoms with E-state index in [0.717, 1.165) is 19.5 Å². The van der Waals surface area contributed by atoms with Gasteiger partial charge in [0.25, 0.3) is 0 Å². The second-order valence-corrected chi connectivity index (χ2v) is 6.75. The number of aliphatic hydroxyl groups is 1. The molecule has 0 saturated carbocycles. The maximum Gasteiger partial charge on any atom is 0.220 e. The summed E-state index contributed by atoms with van der Waals surface area (Å²) in [6.07, 6.45) is 4.65. The van der Waals surface area contributed by atoms with Crippen LogP contribution in [0.5, 0.6) is 0 Å². The van der Waals surface area contributed by atoms with Crippen molar-refractivity contribution in [2.24, 2.45) is 11.3 Å². The van der Waals surface area contributed by atoms with Crippen LogP contribution >= 0.6 is 0 Å². The Morgan fingerprint density at radius 3 is 2.74 bits per heavy atom. The van der Waals surface area contributed by atoms with Gasteiger partial charge in [-0.25, -0.2) is 0 Å². The average Bonchev–Trinajstić information content (AvgIpc) is 2.36. The molecule has 0 aromatic rings. The van der Waals surface area contributed by atoms with Crippen LogP contribution in [0.15, 0.2) is 0 Å². The number of hydrogen-bond acceptors (Lipinski definition) is 3. The lowest BCUT2D eigenvalue weighted by molar-refractivity contribution is -0.123. The molecular weight excluding hydrogens is 240 g/mol. The van der Waals surface area contributed by atoms with E-state index >= 15 is 0 Å². The van der Waals surface area contributed by atoms with Gasteiger partial charge in [-0.3, -0.25) is 4.79 Å². The number of rotatable bonds is 6. The van der Waals surface area contributed by atoms with Crippen molar-refractivity contribution in [2.75, 3.05) is 19.7 Å². The molecule has 0 aliphatic carbocycles. The number of carbonyl (C=O) groups is 1. The predicted octanol–water partition coefficient (Wildman–Crippen LogP) is 1.68. The predicted molar refractivity (Wildman–Crippen MR) is 77.9 cm³/mol. The molecule has 1 saturated heterocycles. The van der Waals surface area contributed by atoms with Gasteiger partial charge < -0.3 is 15.7 Å². The number of amides is 1. The summed E-state index contributed by atoms with van der Waals surface area (Å²) in [5.41, 5.74) is -0.00914. The van der Waals surface area contributed by atoms with Crippen molar-refractivity contribution in [3.63, 3.8) is 0 Å². The summed E-state index contributed by atoms with van der Waals surface area (Å²) >= 11 is 0. The highest BCUT2D eigenvalue weighted by Crippen LogP contribution is 2.22. The molecule has 1 amide bonds. The van der Waals surface area contributed by atoms with Gasteiger partial charge in [0, 0.05) is 19.1 Å². The third-order valence-electron chi connectivity index (χ3n) is 3.98. The lowest BCUT2D eigenvalue weighted by atomic mass is 9.84. The van der Waals surface area contributed by atoms with Crippen molar-refractivity contribution < 1.29 is 9.90 Å². The lowest BCUT2D eigenvalue weighted by Crippen LogP contribution is -2.44. The maximum atomic E-state index is 12.0. The molecule has 1 aliphatic rings. The van der Waals surface area contributed by atoms with Crippen LogP contribution in [0.3, 0.4) is 0 Å². The minimum Gasteiger partial charge on any atom is -0.396 e. The summed E-state index contributed by atoms with van der Waals surface area (Å²) in [4.78, 5) is 12.0. The first-order valence-corrected chi connectivity index (χ1v) is 7.54. The molecule has 0 aromatic carbocycles. The zero-order chi connectivity index (χ0) is 14.3. The third-order valence-corrected chi connectivity index (χ3v) is 3.98. The summed E-state index contributed by atoms with van der Waals surface area (Å²) in [6.45, 7) is 8.57. The van der Waals surface area contributed by atoms with Crippen molar-refractivity contribution in [1.82, 2.24) is 10.6 Å². The Hall–Kier alpha value is -0.610. The van der Waals surface area contributed by atoms with Crippen molar-refractivity contribution in [2.45, 2.75) is 58.9 Å². The van der Waals surface area contributed by atoms with Crippen molar-refractivity contribution >= 4 is 5.91 Å². The maximum absolute atomic E-state index is 12.0. The molecule has 2 unspecified atom stereocenters. The van der Waals surface area contributed by atoms with Gasteiger partial charge in [0.2, 0.25) is 5.91 Å². The molecular formula is C15H30N2O2. The van der Waals surface area contributed by atoms with Crippen LogP contribution in [0.1, 0.15) is 52.9 Å². The Labute approximate surface area is 117 Å². The smallest absolute Gasteiger partial charge is 0.220 e. The van der Waals surface area contributed by atoms with Gasteiger partial charge in [-0.15, -0.1) is 0 Å². The Bertz CT molecular complexity index is 268. The van der Waals surface area contributed by atoms with Gasteiger partial charge in [-0.05, 0) is 50.1 Å². The largest absolute Gasteiger partial charge is 0.396 e. The van der Waals surface area contributed by atoms with E-state index < -0.39 is 0 Å². The van der Waals surface area contributed by atoms with E-state index in [2.05, 4.69) is 31.4 Å². The molecule has 2 atom stereocenters. The Balaban J connectivity index is 2.31. The highest BCUT2D eigenvalue weighted by molar-refractivity contribution is 5.76. The summed E-state index contributed by atoms with van der Waals surface area (Å²) in [6, 6.07) is 0.0504. The SMILES string of the molecule is CC(C)(C)C(CCO)NC(=O)CCC1CCCNC1. The van der Waals surface area contributed by atoms with Crippen molar-refractivity contribution in [3.8, 4) is 0 Å². The number of aliphatic hydroxyl groups excluding tert-OH is 1. The van der Waals surface area contributed by atoms with Crippen LogP contribution in [-0.2, 0) is 4.79 Å². The molecule has 0 aromatic heterocycles. The summed E-state index contributed by atoms with van der Waals surface area (Å²) in [5.74, 6) is 0.768. The zero-order valence-corrected chi connectivity index (χ0v) is 12.7. The first-order chi connectivity index (χ1) is 8.93. The van der Waals surface area contributed by atoms with E-state index in [4.69, 9.17) is 5.11 Å². The second kappa shape index (κ2) is 7.85. The molecule has 4 heteroatoms. The van der Waals surface area contributed by atoms with E-state index in [-0.39, 0.29) is 24.0 Å². The lowest BCUT2D eigenvalue weighted by Gasteiger charge is -2.31. The zero-order valence-electron chi connectivity index (χ0n) is 12.7. The first kappa shape index (κ1) is 16.4. The normalized spacial score (nSPS) is 22.0. The molecule has 112 valence electrons. The van der Waals surface area contributed by atoms with Gasteiger partial charge in [-0.2, -0.15) is 0 Å². The molecule has 1 fully saturated rings. The van der Waals surface area contributed by atoms with Crippen LogP contribution in [0.4, 0.5) is 0 Å². The minimum absolute atomic E-state index is 0.00914. The van der Waals surface area contributed by atoms with Crippen LogP contribution in [0.2, 0.25) is 0 Å². The van der Waals surface area contributed by atoms with Gasteiger partial charge in [0.05, 0.1) is 0 Å². The van der Waals surface area contributed by atoms with Crippen molar-refractivity contribution in [1.29, 1.82) is 0 Å². The van der Waals surface area contributed by atoms with E-state index in [1.54, 1.807) is 0 Å². The fourth-order valence-corrected chi connectivity index (χ4v) is 2.62. The van der Waals surface area contributed by atoms with E-state index in [1.807, 2.05) is 0 Å². The van der Waals surface area contributed by atoms with Gasteiger partial charge in [0.1, 0.15) is 0 Å². The number of hydrogen-bond donors (Lipinski definition) is 3. The molecule has 1 aliphatic heterocycles.